The number of benzene rings is 1. The fraction of sp³-hybridized carbons (Fsp3) is 0.182. The van der Waals surface area contributed by atoms with Crippen LogP contribution in [0, 0.1) is 0 Å². The molecule has 0 saturated heterocycles. The minimum Gasteiger partial charge on any atom is -0.397 e. The second kappa shape index (κ2) is 3.42. The number of nitrogen functional groups attached to an aromatic ring is 1. The van der Waals surface area contributed by atoms with Gasteiger partial charge in [-0.15, -0.1) is 11.3 Å². The smallest absolute Gasteiger partial charge is 0.160 e. The summed E-state index contributed by atoms with van der Waals surface area (Å²) in [6.45, 7) is 2.08. The molecule has 0 bridgehead atoms. The van der Waals surface area contributed by atoms with Gasteiger partial charge in [0.15, 0.2) is 6.29 Å². The molecule has 0 unspecified atom stereocenters. The highest BCUT2D eigenvalue weighted by Gasteiger charge is 2.06. The quantitative estimate of drug-likeness (QED) is 0.605. The van der Waals surface area contributed by atoms with Gasteiger partial charge in [-0.1, -0.05) is 19.1 Å². The van der Waals surface area contributed by atoms with Crippen LogP contribution in [0.15, 0.2) is 18.2 Å². The molecule has 0 saturated carbocycles. The van der Waals surface area contributed by atoms with E-state index in [1.807, 2.05) is 18.2 Å². The molecule has 0 aliphatic rings. The van der Waals surface area contributed by atoms with Crippen molar-refractivity contribution in [3.8, 4) is 0 Å². The molecular formula is C11H11NOS. The molecule has 0 radical (unpaired) electrons. The zero-order valence-corrected chi connectivity index (χ0v) is 8.73. The van der Waals surface area contributed by atoms with Crippen molar-refractivity contribution in [3.63, 3.8) is 0 Å². The van der Waals surface area contributed by atoms with Crippen LogP contribution in [0.1, 0.15) is 22.2 Å². The lowest BCUT2D eigenvalue weighted by atomic mass is 10.1. The molecule has 72 valence electrons. The summed E-state index contributed by atoms with van der Waals surface area (Å²) in [5.74, 6) is 0. The zero-order valence-electron chi connectivity index (χ0n) is 7.91. The molecule has 0 amide bonds. The fourth-order valence-electron chi connectivity index (χ4n) is 1.55. The number of aldehydes is 1. The maximum Gasteiger partial charge on any atom is 0.160 e. The van der Waals surface area contributed by atoms with Crippen molar-refractivity contribution in [2.45, 2.75) is 13.3 Å². The van der Waals surface area contributed by atoms with Crippen LogP contribution in [0.25, 0.3) is 10.1 Å². The third-order valence-corrected chi connectivity index (χ3v) is 3.44. The van der Waals surface area contributed by atoms with Crippen LogP contribution >= 0.6 is 11.3 Å². The van der Waals surface area contributed by atoms with Gasteiger partial charge in [-0.2, -0.15) is 0 Å². The molecule has 1 aromatic heterocycles. The molecule has 2 aromatic rings. The lowest BCUT2D eigenvalue weighted by molar-refractivity contribution is 0.112. The van der Waals surface area contributed by atoms with E-state index < -0.39 is 0 Å². The van der Waals surface area contributed by atoms with Crippen LogP contribution in [0.5, 0.6) is 0 Å². The molecule has 2 rings (SSSR count). The minimum absolute atomic E-state index is 0.736. The molecule has 0 atom stereocenters. The number of nitrogens with two attached hydrogens (primary N) is 1. The van der Waals surface area contributed by atoms with E-state index in [1.165, 1.54) is 11.3 Å². The van der Waals surface area contributed by atoms with Gasteiger partial charge in [0.2, 0.25) is 0 Å². The normalized spacial score (nSPS) is 10.6. The van der Waals surface area contributed by atoms with Crippen molar-refractivity contribution in [1.82, 2.24) is 0 Å². The summed E-state index contributed by atoms with van der Waals surface area (Å²) in [4.78, 5) is 11.3. The monoisotopic (exact) mass is 205 g/mol. The van der Waals surface area contributed by atoms with Gasteiger partial charge < -0.3 is 5.73 Å². The Kier molecular flexibility index (Phi) is 2.25. The Bertz CT molecular complexity index is 487. The fourth-order valence-corrected chi connectivity index (χ4v) is 2.51. The zero-order chi connectivity index (χ0) is 10.1. The Morgan fingerprint density at radius 2 is 2.29 bits per heavy atom. The van der Waals surface area contributed by atoms with Gasteiger partial charge >= 0.3 is 0 Å². The van der Waals surface area contributed by atoms with Crippen molar-refractivity contribution in [2.24, 2.45) is 0 Å². The summed E-state index contributed by atoms with van der Waals surface area (Å²) in [6, 6.07) is 5.93. The van der Waals surface area contributed by atoms with E-state index in [2.05, 4.69) is 6.92 Å². The van der Waals surface area contributed by atoms with Gasteiger partial charge in [0.1, 0.15) is 0 Å². The van der Waals surface area contributed by atoms with Gasteiger partial charge in [0.05, 0.1) is 15.3 Å². The first kappa shape index (κ1) is 9.21. The summed E-state index contributed by atoms with van der Waals surface area (Å²) >= 11 is 1.46. The van der Waals surface area contributed by atoms with E-state index in [0.717, 1.165) is 38.9 Å². The van der Waals surface area contributed by atoms with Crippen LogP contribution < -0.4 is 5.73 Å². The topological polar surface area (TPSA) is 43.1 Å². The number of fused-ring (bicyclic) bond motifs is 1. The van der Waals surface area contributed by atoms with Crippen LogP contribution in [-0.4, -0.2) is 6.29 Å². The number of hydrogen-bond donors (Lipinski definition) is 1. The van der Waals surface area contributed by atoms with Gasteiger partial charge in [-0.25, -0.2) is 0 Å². The molecule has 0 fully saturated rings. The number of carbonyl (C=O) groups excluding carboxylic acids is 1. The first-order valence-corrected chi connectivity index (χ1v) is 5.34. The second-order valence-corrected chi connectivity index (χ2v) is 4.26. The third-order valence-electron chi connectivity index (χ3n) is 2.33. The Balaban J connectivity index is 2.74. The van der Waals surface area contributed by atoms with Crippen molar-refractivity contribution >= 4 is 33.4 Å². The number of aryl methyl sites for hydroxylation is 1. The number of carbonyl (C=O) groups is 1. The van der Waals surface area contributed by atoms with E-state index >= 15 is 0 Å². The Morgan fingerprint density at radius 1 is 1.50 bits per heavy atom. The first-order chi connectivity index (χ1) is 6.76. The predicted molar refractivity (Wildman–Crippen MR) is 61.0 cm³/mol. The number of hydrogen-bond acceptors (Lipinski definition) is 3. The lowest BCUT2D eigenvalue weighted by Crippen LogP contribution is -1.91. The SMILES string of the molecule is CCc1ccc2cc(C=O)sc2c1N. The van der Waals surface area contributed by atoms with Gasteiger partial charge in [0.25, 0.3) is 0 Å². The highest BCUT2D eigenvalue weighted by atomic mass is 32.1. The van der Waals surface area contributed by atoms with Crippen molar-refractivity contribution in [2.75, 3.05) is 5.73 Å². The summed E-state index contributed by atoms with van der Waals surface area (Å²) < 4.78 is 1.03. The molecule has 14 heavy (non-hydrogen) atoms. The molecule has 1 heterocycles. The van der Waals surface area contributed by atoms with Gasteiger partial charge in [0, 0.05) is 0 Å². The summed E-state index contributed by atoms with van der Waals surface area (Å²) in [5.41, 5.74) is 7.96. The van der Waals surface area contributed by atoms with Crippen LogP contribution in [0.2, 0.25) is 0 Å². The average Bonchev–Trinajstić information content (AvgIpc) is 2.62. The maximum atomic E-state index is 10.6. The van der Waals surface area contributed by atoms with Gasteiger partial charge in [-0.3, -0.25) is 4.79 Å². The first-order valence-electron chi connectivity index (χ1n) is 4.52. The summed E-state index contributed by atoms with van der Waals surface area (Å²) in [7, 11) is 0. The summed E-state index contributed by atoms with van der Waals surface area (Å²) in [5, 5.41) is 1.06. The molecule has 3 heteroatoms. The molecule has 0 spiro atoms. The predicted octanol–water partition coefficient (Wildman–Crippen LogP) is 2.86. The Morgan fingerprint density at radius 3 is 2.93 bits per heavy atom. The lowest BCUT2D eigenvalue weighted by Gasteiger charge is -2.02. The maximum absolute atomic E-state index is 10.6. The minimum atomic E-state index is 0.736. The number of anilines is 1. The molecule has 0 aliphatic heterocycles. The van der Waals surface area contributed by atoms with Crippen molar-refractivity contribution < 1.29 is 4.79 Å². The standard InChI is InChI=1S/C11H11NOS/c1-2-7-3-4-8-5-9(6-13)14-11(8)10(7)12/h3-6H,2,12H2,1H3. The largest absolute Gasteiger partial charge is 0.397 e. The third kappa shape index (κ3) is 1.30. The molecule has 1 aromatic carbocycles. The molecular weight excluding hydrogens is 194 g/mol. The van der Waals surface area contributed by atoms with Crippen LogP contribution in [-0.2, 0) is 6.42 Å². The van der Waals surface area contributed by atoms with E-state index in [0.29, 0.717) is 0 Å². The number of rotatable bonds is 2. The van der Waals surface area contributed by atoms with Crippen molar-refractivity contribution in [1.29, 1.82) is 0 Å². The summed E-state index contributed by atoms with van der Waals surface area (Å²) in [6.07, 6.45) is 1.80. The Labute approximate surface area is 86.3 Å². The van der Waals surface area contributed by atoms with Crippen LogP contribution in [0.3, 0.4) is 0 Å². The second-order valence-electron chi connectivity index (χ2n) is 3.18. The Hall–Kier alpha value is -1.35. The highest BCUT2D eigenvalue weighted by Crippen LogP contribution is 2.32. The van der Waals surface area contributed by atoms with E-state index in [4.69, 9.17) is 5.73 Å². The molecule has 2 nitrogen and oxygen atoms in total. The molecule has 2 N–H and O–H groups in total. The van der Waals surface area contributed by atoms with E-state index in [1.54, 1.807) is 0 Å². The van der Waals surface area contributed by atoms with E-state index in [9.17, 15) is 4.79 Å². The average molecular weight is 205 g/mol. The van der Waals surface area contributed by atoms with Crippen LogP contribution in [0.4, 0.5) is 5.69 Å². The van der Waals surface area contributed by atoms with Crippen molar-refractivity contribution in [3.05, 3.63) is 28.6 Å². The van der Waals surface area contributed by atoms with E-state index in [-0.39, 0.29) is 0 Å². The van der Waals surface area contributed by atoms with Gasteiger partial charge in [-0.05, 0) is 23.4 Å². The number of thiophene rings is 1. The molecule has 0 aliphatic carbocycles. The highest BCUT2D eigenvalue weighted by molar-refractivity contribution is 7.21.